The van der Waals surface area contributed by atoms with Crippen LogP contribution in [-0.2, 0) is 14.3 Å². The highest BCUT2D eigenvalue weighted by Crippen LogP contribution is 2.14. The highest BCUT2D eigenvalue weighted by molar-refractivity contribution is 7.08. The maximum atomic E-state index is 11.7. The van der Waals surface area contributed by atoms with Crippen LogP contribution in [0.2, 0.25) is 5.02 Å². The van der Waals surface area contributed by atoms with E-state index in [4.69, 9.17) is 16.3 Å². The predicted octanol–water partition coefficient (Wildman–Crippen LogP) is 2.70. The van der Waals surface area contributed by atoms with E-state index < -0.39 is 18.5 Å². The summed E-state index contributed by atoms with van der Waals surface area (Å²) in [6, 6.07) is 8.33. The van der Waals surface area contributed by atoms with Crippen molar-refractivity contribution in [2.75, 3.05) is 18.5 Å². The molecule has 2 amide bonds. The number of hydrogen-bond acceptors (Lipinski definition) is 5. The van der Waals surface area contributed by atoms with E-state index in [1.807, 2.05) is 0 Å². The Morgan fingerprint density at radius 3 is 2.75 bits per heavy atom. The Morgan fingerprint density at radius 2 is 2.04 bits per heavy atom. The van der Waals surface area contributed by atoms with Crippen molar-refractivity contribution in [3.63, 3.8) is 0 Å². The molecule has 1 aromatic heterocycles. The number of carbonyl (C=O) groups excluding carboxylic acids is 3. The molecule has 24 heavy (non-hydrogen) atoms. The molecule has 0 bridgehead atoms. The van der Waals surface area contributed by atoms with Crippen LogP contribution >= 0.6 is 22.9 Å². The van der Waals surface area contributed by atoms with Crippen molar-refractivity contribution < 1.29 is 19.1 Å². The van der Waals surface area contributed by atoms with E-state index in [-0.39, 0.29) is 18.9 Å². The van der Waals surface area contributed by atoms with Gasteiger partial charge in [0.1, 0.15) is 0 Å². The molecule has 8 heteroatoms. The number of hydrogen-bond donors (Lipinski definition) is 2. The first kappa shape index (κ1) is 18.0. The van der Waals surface area contributed by atoms with E-state index in [1.54, 1.807) is 41.1 Å². The summed E-state index contributed by atoms with van der Waals surface area (Å²) in [6.45, 7) is -0.257. The summed E-state index contributed by atoms with van der Waals surface area (Å²) >= 11 is 7.22. The number of benzene rings is 1. The second-order valence-electron chi connectivity index (χ2n) is 4.74. The number of amides is 2. The van der Waals surface area contributed by atoms with Gasteiger partial charge in [0.05, 0.1) is 6.42 Å². The van der Waals surface area contributed by atoms with Gasteiger partial charge in [0.2, 0.25) is 0 Å². The van der Waals surface area contributed by atoms with Gasteiger partial charge >= 0.3 is 5.97 Å². The topological polar surface area (TPSA) is 84.5 Å². The van der Waals surface area contributed by atoms with Crippen LogP contribution in [0.4, 0.5) is 5.69 Å². The van der Waals surface area contributed by atoms with E-state index in [0.29, 0.717) is 16.3 Å². The third kappa shape index (κ3) is 6.02. The molecule has 6 nitrogen and oxygen atoms in total. The van der Waals surface area contributed by atoms with Gasteiger partial charge < -0.3 is 15.4 Å². The molecule has 126 valence electrons. The zero-order valence-electron chi connectivity index (χ0n) is 12.6. The minimum absolute atomic E-state index is 0.0136. The lowest BCUT2D eigenvalue weighted by molar-refractivity contribution is -0.147. The third-order valence-corrected chi connectivity index (χ3v) is 3.79. The summed E-state index contributed by atoms with van der Waals surface area (Å²) in [7, 11) is 0. The Labute approximate surface area is 147 Å². The van der Waals surface area contributed by atoms with E-state index >= 15 is 0 Å². The average Bonchev–Trinajstić information content (AvgIpc) is 3.07. The molecule has 0 spiro atoms. The van der Waals surface area contributed by atoms with Gasteiger partial charge in [-0.15, -0.1) is 0 Å². The highest BCUT2D eigenvalue weighted by Gasteiger charge is 2.10. The summed E-state index contributed by atoms with van der Waals surface area (Å²) in [5.74, 6) is -1.28. The first-order valence-corrected chi connectivity index (χ1v) is 8.38. The van der Waals surface area contributed by atoms with Crippen molar-refractivity contribution >= 4 is 46.4 Å². The van der Waals surface area contributed by atoms with Crippen molar-refractivity contribution in [2.24, 2.45) is 0 Å². The number of ether oxygens (including phenoxy) is 1. The fourth-order valence-electron chi connectivity index (χ4n) is 1.76. The number of rotatable bonds is 7. The van der Waals surface area contributed by atoms with Gasteiger partial charge in [0, 0.05) is 28.2 Å². The fraction of sp³-hybridized carbons (Fsp3) is 0.188. The molecule has 0 fully saturated rings. The van der Waals surface area contributed by atoms with Crippen molar-refractivity contribution in [1.82, 2.24) is 5.32 Å². The number of esters is 1. The zero-order valence-corrected chi connectivity index (χ0v) is 14.2. The number of thiophene rings is 1. The van der Waals surface area contributed by atoms with Crippen molar-refractivity contribution in [3.05, 3.63) is 51.7 Å². The quantitative estimate of drug-likeness (QED) is 0.738. The standard InChI is InChI=1S/C16H15ClN2O4S/c17-12-2-1-3-13(8-12)19-14(20)9-23-15(21)4-6-18-16(22)11-5-7-24-10-11/h1-3,5,7-8,10H,4,6,9H2,(H,18,22)(H,19,20). The Balaban J connectivity index is 1.64. The van der Waals surface area contributed by atoms with Crippen LogP contribution < -0.4 is 10.6 Å². The third-order valence-electron chi connectivity index (χ3n) is 2.87. The molecule has 1 heterocycles. The van der Waals surface area contributed by atoms with Crippen LogP contribution in [0.15, 0.2) is 41.1 Å². The molecule has 2 N–H and O–H groups in total. The predicted molar refractivity (Wildman–Crippen MR) is 92.3 cm³/mol. The zero-order chi connectivity index (χ0) is 17.4. The molecule has 2 aromatic rings. The van der Waals surface area contributed by atoms with Crippen molar-refractivity contribution in [2.45, 2.75) is 6.42 Å². The van der Waals surface area contributed by atoms with Crippen LogP contribution in [0.1, 0.15) is 16.8 Å². The molecule has 0 atom stereocenters. The van der Waals surface area contributed by atoms with E-state index in [1.165, 1.54) is 11.3 Å². The SMILES string of the molecule is O=C(COC(=O)CCNC(=O)c1ccsc1)Nc1cccc(Cl)c1. The fourth-order valence-corrected chi connectivity index (χ4v) is 2.58. The molecule has 0 unspecified atom stereocenters. The molecule has 0 aliphatic rings. The van der Waals surface area contributed by atoms with Crippen LogP contribution in [0.25, 0.3) is 0 Å². The number of halogens is 1. The second kappa shape index (κ2) is 9.05. The van der Waals surface area contributed by atoms with Gasteiger partial charge in [-0.2, -0.15) is 11.3 Å². The molecule has 0 radical (unpaired) electrons. The largest absolute Gasteiger partial charge is 0.456 e. The molecule has 0 saturated heterocycles. The van der Waals surface area contributed by atoms with Crippen LogP contribution in [0.5, 0.6) is 0 Å². The number of anilines is 1. The van der Waals surface area contributed by atoms with Gasteiger partial charge in [-0.25, -0.2) is 0 Å². The molecular formula is C16H15ClN2O4S. The molecule has 0 aliphatic heterocycles. The maximum Gasteiger partial charge on any atom is 0.308 e. The molecule has 0 saturated carbocycles. The summed E-state index contributed by atoms with van der Waals surface area (Å²) in [5.41, 5.74) is 1.07. The Morgan fingerprint density at radius 1 is 1.21 bits per heavy atom. The monoisotopic (exact) mass is 366 g/mol. The molecule has 1 aromatic carbocycles. The van der Waals surface area contributed by atoms with Crippen LogP contribution in [0.3, 0.4) is 0 Å². The lowest BCUT2D eigenvalue weighted by atomic mass is 10.3. The van der Waals surface area contributed by atoms with Gasteiger partial charge in [-0.3, -0.25) is 14.4 Å². The minimum Gasteiger partial charge on any atom is -0.456 e. The summed E-state index contributed by atoms with van der Waals surface area (Å²) in [5, 5.41) is 9.16. The average molecular weight is 367 g/mol. The maximum absolute atomic E-state index is 11.7. The summed E-state index contributed by atoms with van der Waals surface area (Å²) < 4.78 is 4.85. The summed E-state index contributed by atoms with van der Waals surface area (Å²) in [6.07, 6.45) is -0.0136. The Kier molecular flexibility index (Phi) is 6.77. The van der Waals surface area contributed by atoms with E-state index in [9.17, 15) is 14.4 Å². The second-order valence-corrected chi connectivity index (χ2v) is 5.95. The van der Waals surface area contributed by atoms with Gasteiger partial charge in [0.15, 0.2) is 6.61 Å². The first-order valence-electron chi connectivity index (χ1n) is 7.06. The van der Waals surface area contributed by atoms with E-state index in [0.717, 1.165) is 0 Å². The highest BCUT2D eigenvalue weighted by atomic mass is 35.5. The van der Waals surface area contributed by atoms with Crippen LogP contribution in [-0.4, -0.2) is 30.9 Å². The lowest BCUT2D eigenvalue weighted by Gasteiger charge is -2.07. The van der Waals surface area contributed by atoms with E-state index in [2.05, 4.69) is 10.6 Å². The summed E-state index contributed by atoms with van der Waals surface area (Å²) in [4.78, 5) is 34.9. The number of nitrogens with one attached hydrogen (secondary N) is 2. The molecule has 0 aliphatic carbocycles. The Hall–Kier alpha value is -2.38. The molecular weight excluding hydrogens is 352 g/mol. The Bertz CT molecular complexity index is 719. The smallest absolute Gasteiger partial charge is 0.308 e. The minimum atomic E-state index is -0.568. The van der Waals surface area contributed by atoms with Crippen LogP contribution in [0, 0.1) is 0 Å². The van der Waals surface area contributed by atoms with Crippen molar-refractivity contribution in [3.8, 4) is 0 Å². The van der Waals surface area contributed by atoms with Gasteiger partial charge in [-0.1, -0.05) is 17.7 Å². The van der Waals surface area contributed by atoms with Gasteiger partial charge in [-0.05, 0) is 29.6 Å². The first-order chi connectivity index (χ1) is 11.5. The number of carbonyl (C=O) groups is 3. The lowest BCUT2D eigenvalue weighted by Crippen LogP contribution is -2.27. The van der Waals surface area contributed by atoms with Crippen molar-refractivity contribution in [1.29, 1.82) is 0 Å². The van der Waals surface area contributed by atoms with Gasteiger partial charge in [0.25, 0.3) is 11.8 Å². The molecule has 2 rings (SSSR count). The normalized spacial score (nSPS) is 10.0.